The molecule has 0 bridgehead atoms. The molecule has 1 amide bonds. The Morgan fingerprint density at radius 1 is 1.31 bits per heavy atom. The van der Waals surface area contributed by atoms with Crippen molar-refractivity contribution in [3.8, 4) is 5.88 Å². The Balaban J connectivity index is 1.65. The summed E-state index contributed by atoms with van der Waals surface area (Å²) in [6, 6.07) is 5.50. The van der Waals surface area contributed by atoms with Crippen molar-refractivity contribution in [2.24, 2.45) is 10.9 Å². The summed E-state index contributed by atoms with van der Waals surface area (Å²) in [6.07, 6.45) is 4.86. The fourth-order valence-corrected chi connectivity index (χ4v) is 3.22. The van der Waals surface area contributed by atoms with E-state index in [1.54, 1.807) is 12.3 Å². The third-order valence-corrected chi connectivity index (χ3v) is 4.95. The predicted octanol–water partition coefficient (Wildman–Crippen LogP) is 3.73. The number of aliphatic imine (C=N–C) groups is 1. The molecule has 138 valence electrons. The third-order valence-electron chi connectivity index (χ3n) is 4.75. The molecule has 6 nitrogen and oxygen atoms in total. The number of fused-ring (bicyclic) bond motifs is 1. The van der Waals surface area contributed by atoms with Crippen LogP contribution >= 0.6 is 11.6 Å². The molecule has 26 heavy (non-hydrogen) atoms. The maximum atomic E-state index is 12.3. The van der Waals surface area contributed by atoms with Crippen molar-refractivity contribution in [3.05, 3.63) is 29.5 Å². The Morgan fingerprint density at radius 2 is 2.04 bits per heavy atom. The number of amidine groups is 1. The quantitative estimate of drug-likeness (QED) is 0.465. The van der Waals surface area contributed by atoms with Crippen molar-refractivity contribution >= 4 is 34.2 Å². The first kappa shape index (κ1) is 18.6. The Kier molecular flexibility index (Phi) is 5.71. The second-order valence-electron chi connectivity index (χ2n) is 6.80. The van der Waals surface area contributed by atoms with Gasteiger partial charge >= 0.3 is 0 Å². The van der Waals surface area contributed by atoms with Crippen molar-refractivity contribution in [2.75, 3.05) is 14.1 Å². The molecule has 0 spiro atoms. The summed E-state index contributed by atoms with van der Waals surface area (Å²) in [5, 5.41) is 1.21. The van der Waals surface area contributed by atoms with Gasteiger partial charge in [-0.25, -0.2) is 9.98 Å². The number of carbonyl (C=O) groups excluding carboxylic acids is 1. The zero-order valence-electron chi connectivity index (χ0n) is 15.3. The minimum absolute atomic E-state index is 0.0207. The number of amides is 1. The highest BCUT2D eigenvalue weighted by molar-refractivity contribution is 6.30. The highest BCUT2D eigenvalue weighted by atomic mass is 35.5. The summed E-state index contributed by atoms with van der Waals surface area (Å²) in [4.78, 5) is 27.0. The molecule has 0 atom stereocenters. The van der Waals surface area contributed by atoms with Gasteiger partial charge in [0.05, 0.1) is 10.9 Å². The zero-order chi connectivity index (χ0) is 18.7. The number of nitrogens with zero attached hydrogens (tertiary/aromatic N) is 4. The molecule has 1 saturated carbocycles. The van der Waals surface area contributed by atoms with Crippen LogP contribution in [0.25, 0.3) is 10.9 Å². The van der Waals surface area contributed by atoms with Gasteiger partial charge in [0.15, 0.2) is 0 Å². The number of ether oxygens (including phenoxy) is 1. The van der Waals surface area contributed by atoms with E-state index in [-0.39, 0.29) is 17.9 Å². The van der Waals surface area contributed by atoms with E-state index in [4.69, 9.17) is 16.3 Å². The molecule has 1 aliphatic rings. The Morgan fingerprint density at radius 3 is 2.73 bits per heavy atom. The van der Waals surface area contributed by atoms with Gasteiger partial charge in [-0.1, -0.05) is 11.6 Å². The normalized spacial score (nSPS) is 20.8. The molecule has 7 heteroatoms. The first-order chi connectivity index (χ1) is 12.4. The summed E-state index contributed by atoms with van der Waals surface area (Å²) < 4.78 is 6.11. The number of carbonyl (C=O) groups is 1. The van der Waals surface area contributed by atoms with Gasteiger partial charge in [-0.3, -0.25) is 9.78 Å². The molecular formula is C19H23ClN4O2. The maximum absolute atomic E-state index is 12.3. The minimum Gasteiger partial charge on any atom is -0.474 e. The zero-order valence-corrected chi connectivity index (χ0v) is 16.0. The summed E-state index contributed by atoms with van der Waals surface area (Å²) in [7, 11) is 3.77. The van der Waals surface area contributed by atoms with Crippen LogP contribution in [0.4, 0.5) is 0 Å². The number of hydrogen-bond donors (Lipinski definition) is 0. The summed E-state index contributed by atoms with van der Waals surface area (Å²) in [5.41, 5.74) is 0.764. The molecule has 0 N–H and O–H groups in total. The van der Waals surface area contributed by atoms with Crippen LogP contribution in [-0.2, 0) is 4.79 Å². The average Bonchev–Trinajstić information content (AvgIpc) is 2.62. The van der Waals surface area contributed by atoms with Crippen LogP contribution < -0.4 is 4.74 Å². The van der Waals surface area contributed by atoms with E-state index in [1.165, 1.54) is 0 Å². The highest BCUT2D eigenvalue weighted by Gasteiger charge is 2.28. The lowest BCUT2D eigenvalue weighted by atomic mass is 9.87. The highest BCUT2D eigenvalue weighted by Crippen LogP contribution is 2.31. The summed E-state index contributed by atoms with van der Waals surface area (Å²) in [6.45, 7) is 1.84. The number of hydrogen-bond acceptors (Lipinski definition) is 4. The van der Waals surface area contributed by atoms with Gasteiger partial charge in [-0.2, -0.15) is 0 Å². The Hall–Kier alpha value is -2.21. The summed E-state index contributed by atoms with van der Waals surface area (Å²) in [5.74, 6) is 1.17. The molecule has 1 fully saturated rings. The van der Waals surface area contributed by atoms with Crippen LogP contribution in [0.15, 0.2) is 29.4 Å². The van der Waals surface area contributed by atoms with Gasteiger partial charge in [0.1, 0.15) is 17.1 Å². The van der Waals surface area contributed by atoms with E-state index in [9.17, 15) is 4.79 Å². The van der Waals surface area contributed by atoms with Crippen molar-refractivity contribution < 1.29 is 9.53 Å². The first-order valence-corrected chi connectivity index (χ1v) is 9.16. The SMILES string of the molecule is C/C(=N\C(=O)C1CCC(Oc2nc(Cl)cc3ncccc23)CC1)N(C)C. The number of aromatic nitrogens is 2. The fourth-order valence-electron chi connectivity index (χ4n) is 3.04. The van der Waals surface area contributed by atoms with E-state index in [0.717, 1.165) is 42.4 Å². The number of rotatable bonds is 3. The van der Waals surface area contributed by atoms with Gasteiger partial charge in [-0.05, 0) is 44.7 Å². The van der Waals surface area contributed by atoms with Gasteiger partial charge < -0.3 is 9.64 Å². The third kappa shape index (κ3) is 4.30. The molecule has 0 aliphatic heterocycles. The van der Waals surface area contributed by atoms with Crippen molar-refractivity contribution in [3.63, 3.8) is 0 Å². The van der Waals surface area contributed by atoms with Crippen LogP contribution in [0, 0.1) is 5.92 Å². The van der Waals surface area contributed by atoms with Gasteiger partial charge in [0, 0.05) is 32.3 Å². The average molecular weight is 375 g/mol. The largest absolute Gasteiger partial charge is 0.474 e. The minimum atomic E-state index is -0.0369. The van der Waals surface area contributed by atoms with Crippen LogP contribution in [0.2, 0.25) is 5.15 Å². The van der Waals surface area contributed by atoms with Crippen molar-refractivity contribution in [2.45, 2.75) is 38.7 Å². The second-order valence-corrected chi connectivity index (χ2v) is 7.19. The van der Waals surface area contributed by atoms with Crippen LogP contribution in [-0.4, -0.2) is 46.8 Å². The first-order valence-electron chi connectivity index (χ1n) is 8.78. The standard InChI is InChI=1S/C19H23ClN4O2/c1-12(24(2)3)22-18(25)13-6-8-14(9-7-13)26-19-15-5-4-10-21-16(15)11-17(20)23-19/h4-5,10-11,13-14H,6-9H2,1-3H3/b22-12+. The molecule has 2 aromatic heterocycles. The molecule has 2 aromatic rings. The number of halogens is 1. The molecule has 0 radical (unpaired) electrons. The van der Waals surface area contributed by atoms with Crippen molar-refractivity contribution in [1.29, 1.82) is 0 Å². The van der Waals surface area contributed by atoms with E-state index >= 15 is 0 Å². The van der Waals surface area contributed by atoms with Crippen LogP contribution in [0.3, 0.4) is 0 Å². The van der Waals surface area contributed by atoms with Crippen LogP contribution in [0.1, 0.15) is 32.6 Å². The molecule has 3 rings (SSSR count). The molecule has 0 unspecified atom stereocenters. The number of pyridine rings is 2. The lowest BCUT2D eigenvalue weighted by Gasteiger charge is -2.27. The maximum Gasteiger partial charge on any atom is 0.250 e. The van der Waals surface area contributed by atoms with Gasteiger partial charge in [0.25, 0.3) is 0 Å². The van der Waals surface area contributed by atoms with E-state index in [1.807, 2.05) is 38.1 Å². The van der Waals surface area contributed by atoms with Gasteiger partial charge in [-0.15, -0.1) is 0 Å². The molecule has 1 aliphatic carbocycles. The monoisotopic (exact) mass is 374 g/mol. The Bertz CT molecular complexity index is 829. The van der Waals surface area contributed by atoms with Gasteiger partial charge in [0.2, 0.25) is 11.8 Å². The lowest BCUT2D eigenvalue weighted by Crippen LogP contribution is -2.29. The lowest BCUT2D eigenvalue weighted by molar-refractivity contribution is -0.123. The smallest absolute Gasteiger partial charge is 0.250 e. The molecular weight excluding hydrogens is 352 g/mol. The predicted molar refractivity (Wildman–Crippen MR) is 103 cm³/mol. The Labute approximate surface area is 158 Å². The molecule has 0 saturated heterocycles. The molecule has 2 heterocycles. The summed E-state index contributed by atoms with van der Waals surface area (Å²) >= 11 is 6.09. The van der Waals surface area contributed by atoms with E-state index < -0.39 is 0 Å². The van der Waals surface area contributed by atoms with E-state index in [2.05, 4.69) is 15.0 Å². The fraction of sp³-hybridized carbons (Fsp3) is 0.474. The second kappa shape index (κ2) is 7.99. The van der Waals surface area contributed by atoms with E-state index in [0.29, 0.717) is 11.0 Å². The molecule has 0 aromatic carbocycles. The topological polar surface area (TPSA) is 67.7 Å². The van der Waals surface area contributed by atoms with Crippen LogP contribution in [0.5, 0.6) is 5.88 Å². The van der Waals surface area contributed by atoms with Crippen molar-refractivity contribution in [1.82, 2.24) is 14.9 Å².